The first-order valence-electron chi connectivity index (χ1n) is 8.17. The number of nitrogens with one attached hydrogen (secondary N) is 1. The van der Waals surface area contributed by atoms with Gasteiger partial charge in [-0.25, -0.2) is 4.98 Å². The zero-order valence-corrected chi connectivity index (χ0v) is 13.8. The van der Waals surface area contributed by atoms with Crippen molar-refractivity contribution in [3.63, 3.8) is 0 Å². The Balaban J connectivity index is 1.53. The third-order valence-electron chi connectivity index (χ3n) is 4.11. The summed E-state index contributed by atoms with van der Waals surface area (Å²) in [5.74, 6) is 1.69. The molecular formula is C21H16N2O3. The van der Waals surface area contributed by atoms with Crippen LogP contribution in [-0.2, 0) is 6.61 Å². The molecule has 1 aromatic heterocycles. The van der Waals surface area contributed by atoms with E-state index in [2.05, 4.69) is 9.97 Å². The van der Waals surface area contributed by atoms with Gasteiger partial charge in [-0.15, -0.1) is 0 Å². The van der Waals surface area contributed by atoms with Gasteiger partial charge < -0.3 is 14.8 Å². The van der Waals surface area contributed by atoms with Gasteiger partial charge in [-0.1, -0.05) is 6.07 Å². The highest BCUT2D eigenvalue weighted by Crippen LogP contribution is 2.23. The van der Waals surface area contributed by atoms with Crippen LogP contribution in [0.3, 0.4) is 0 Å². The fourth-order valence-electron chi connectivity index (χ4n) is 2.71. The average Bonchev–Trinajstić information content (AvgIpc) is 3.10. The Morgan fingerprint density at radius 2 is 1.77 bits per heavy atom. The molecule has 3 aromatic carbocycles. The number of carbonyl (C=O) groups is 1. The van der Waals surface area contributed by atoms with E-state index in [1.807, 2.05) is 30.3 Å². The van der Waals surface area contributed by atoms with Crippen molar-refractivity contribution in [3.8, 4) is 22.9 Å². The van der Waals surface area contributed by atoms with Crippen molar-refractivity contribution < 1.29 is 14.6 Å². The molecule has 128 valence electrons. The molecule has 0 saturated heterocycles. The number of fused-ring (bicyclic) bond motifs is 1. The van der Waals surface area contributed by atoms with E-state index in [0.29, 0.717) is 17.9 Å². The van der Waals surface area contributed by atoms with Crippen LogP contribution < -0.4 is 4.74 Å². The lowest BCUT2D eigenvalue weighted by molar-refractivity contribution is 0.112. The van der Waals surface area contributed by atoms with Crippen molar-refractivity contribution >= 4 is 17.3 Å². The number of phenols is 1. The fraction of sp³-hybridized carbons (Fsp3) is 0.0476. The number of aromatic amines is 1. The number of rotatable bonds is 5. The number of hydrogen-bond acceptors (Lipinski definition) is 4. The van der Waals surface area contributed by atoms with Crippen LogP contribution in [0.25, 0.3) is 22.4 Å². The number of aromatic nitrogens is 2. The molecule has 4 aromatic rings. The van der Waals surface area contributed by atoms with Crippen LogP contribution in [0.15, 0.2) is 66.7 Å². The molecule has 0 radical (unpaired) electrons. The summed E-state index contributed by atoms with van der Waals surface area (Å²) in [5, 5.41) is 9.40. The minimum Gasteiger partial charge on any atom is -0.508 e. The Morgan fingerprint density at radius 1 is 1.00 bits per heavy atom. The number of nitrogens with zero attached hydrogens (tertiary/aromatic N) is 1. The first-order valence-corrected chi connectivity index (χ1v) is 8.17. The largest absolute Gasteiger partial charge is 0.508 e. The molecule has 0 amide bonds. The SMILES string of the molecule is O=Cc1ccc(OCc2ccc3nc(-c4ccc(O)cc4)[nH]c3c2)cc1. The summed E-state index contributed by atoms with van der Waals surface area (Å²) in [6, 6.07) is 19.9. The number of hydrogen-bond donors (Lipinski definition) is 2. The first kappa shape index (κ1) is 15.9. The first-order chi connectivity index (χ1) is 12.7. The average molecular weight is 344 g/mol. The van der Waals surface area contributed by atoms with Crippen molar-refractivity contribution in [1.29, 1.82) is 0 Å². The molecule has 0 bridgehead atoms. The smallest absolute Gasteiger partial charge is 0.150 e. The van der Waals surface area contributed by atoms with Crippen LogP contribution in [0.4, 0.5) is 0 Å². The lowest BCUT2D eigenvalue weighted by Crippen LogP contribution is -1.95. The van der Waals surface area contributed by atoms with Crippen LogP contribution >= 0.6 is 0 Å². The third kappa shape index (κ3) is 3.28. The minimum absolute atomic E-state index is 0.227. The molecule has 0 aliphatic rings. The van der Waals surface area contributed by atoms with Crippen LogP contribution in [0.1, 0.15) is 15.9 Å². The van der Waals surface area contributed by atoms with Gasteiger partial charge in [0.1, 0.15) is 30.2 Å². The third-order valence-corrected chi connectivity index (χ3v) is 4.11. The predicted octanol–water partition coefficient (Wildman–Crippen LogP) is 4.33. The number of aldehydes is 1. The second-order valence-corrected chi connectivity index (χ2v) is 5.96. The van der Waals surface area contributed by atoms with Crippen LogP contribution in [0.2, 0.25) is 0 Å². The number of aromatic hydroxyl groups is 1. The number of phenolic OH excluding ortho intramolecular Hbond substituents is 1. The molecule has 0 aliphatic heterocycles. The number of imidazole rings is 1. The van der Waals surface area contributed by atoms with Crippen LogP contribution in [-0.4, -0.2) is 21.4 Å². The maximum Gasteiger partial charge on any atom is 0.150 e. The molecule has 26 heavy (non-hydrogen) atoms. The van der Waals surface area contributed by atoms with E-state index < -0.39 is 0 Å². The Labute approximate surface area is 149 Å². The molecule has 0 saturated carbocycles. The van der Waals surface area contributed by atoms with Crippen molar-refractivity contribution in [1.82, 2.24) is 9.97 Å². The van der Waals surface area contributed by atoms with Crippen LogP contribution in [0, 0.1) is 0 Å². The Bertz CT molecular complexity index is 1050. The maximum absolute atomic E-state index is 10.7. The van der Waals surface area contributed by atoms with Gasteiger partial charge in [-0.3, -0.25) is 4.79 Å². The highest BCUT2D eigenvalue weighted by atomic mass is 16.5. The van der Waals surface area contributed by atoms with E-state index in [4.69, 9.17) is 4.74 Å². The van der Waals surface area contributed by atoms with Gasteiger partial charge in [0.25, 0.3) is 0 Å². The van der Waals surface area contributed by atoms with Crippen molar-refractivity contribution in [2.75, 3.05) is 0 Å². The van der Waals surface area contributed by atoms with Crippen molar-refractivity contribution in [2.24, 2.45) is 0 Å². The van der Waals surface area contributed by atoms with E-state index in [-0.39, 0.29) is 5.75 Å². The number of ether oxygens (including phenoxy) is 1. The Kier molecular flexibility index (Phi) is 4.11. The molecule has 4 rings (SSSR count). The molecule has 0 fully saturated rings. The zero-order chi connectivity index (χ0) is 17.9. The summed E-state index contributed by atoms with van der Waals surface area (Å²) in [7, 11) is 0. The van der Waals surface area contributed by atoms with Gasteiger partial charge in [0.05, 0.1) is 11.0 Å². The van der Waals surface area contributed by atoms with Crippen LogP contribution in [0.5, 0.6) is 11.5 Å². The molecule has 0 atom stereocenters. The highest BCUT2D eigenvalue weighted by Gasteiger charge is 2.07. The number of carbonyl (C=O) groups excluding carboxylic acids is 1. The molecule has 2 N–H and O–H groups in total. The van der Waals surface area contributed by atoms with E-state index in [1.165, 1.54) is 0 Å². The van der Waals surface area contributed by atoms with E-state index >= 15 is 0 Å². The fourth-order valence-corrected chi connectivity index (χ4v) is 2.71. The normalized spacial score (nSPS) is 10.8. The zero-order valence-electron chi connectivity index (χ0n) is 13.8. The van der Waals surface area contributed by atoms with E-state index in [0.717, 1.165) is 34.3 Å². The molecule has 5 heteroatoms. The second kappa shape index (κ2) is 6.72. The quantitative estimate of drug-likeness (QED) is 0.529. The summed E-state index contributed by atoms with van der Waals surface area (Å²) in [6.07, 6.45) is 0.807. The molecular weight excluding hydrogens is 328 g/mol. The van der Waals surface area contributed by atoms with Gasteiger partial charge in [0, 0.05) is 11.1 Å². The minimum atomic E-state index is 0.227. The topological polar surface area (TPSA) is 75.2 Å². The van der Waals surface area contributed by atoms with Gasteiger partial charge in [-0.05, 0) is 66.2 Å². The standard InChI is InChI=1S/C21H16N2O3/c24-12-14-1-8-18(9-2-14)26-13-15-3-10-19-20(11-15)23-21(22-19)16-4-6-17(25)7-5-16/h1-12,25H,13H2,(H,22,23). The summed E-state index contributed by atoms with van der Waals surface area (Å²) in [5.41, 5.74) is 4.33. The summed E-state index contributed by atoms with van der Waals surface area (Å²) in [6.45, 7) is 0.421. The molecule has 1 heterocycles. The molecule has 0 spiro atoms. The highest BCUT2D eigenvalue weighted by molar-refractivity contribution is 5.80. The molecule has 0 unspecified atom stereocenters. The summed E-state index contributed by atoms with van der Waals surface area (Å²) < 4.78 is 5.77. The van der Waals surface area contributed by atoms with E-state index in [9.17, 15) is 9.90 Å². The Hall–Kier alpha value is -3.60. The van der Waals surface area contributed by atoms with Gasteiger partial charge in [0.15, 0.2) is 0 Å². The van der Waals surface area contributed by atoms with Gasteiger partial charge >= 0.3 is 0 Å². The monoisotopic (exact) mass is 344 g/mol. The predicted molar refractivity (Wildman–Crippen MR) is 99.4 cm³/mol. The lowest BCUT2D eigenvalue weighted by Gasteiger charge is -2.06. The maximum atomic E-state index is 10.7. The van der Waals surface area contributed by atoms with Crippen molar-refractivity contribution in [3.05, 3.63) is 77.9 Å². The molecule has 0 aliphatic carbocycles. The summed E-state index contributed by atoms with van der Waals surface area (Å²) >= 11 is 0. The molecule has 5 nitrogen and oxygen atoms in total. The second-order valence-electron chi connectivity index (χ2n) is 5.96. The van der Waals surface area contributed by atoms with Crippen molar-refractivity contribution in [2.45, 2.75) is 6.61 Å². The van der Waals surface area contributed by atoms with E-state index in [1.54, 1.807) is 36.4 Å². The summed E-state index contributed by atoms with van der Waals surface area (Å²) in [4.78, 5) is 18.6. The Morgan fingerprint density at radius 3 is 2.50 bits per heavy atom. The lowest BCUT2D eigenvalue weighted by atomic mass is 10.2. The van der Waals surface area contributed by atoms with Gasteiger partial charge in [0.2, 0.25) is 0 Å². The van der Waals surface area contributed by atoms with Gasteiger partial charge in [-0.2, -0.15) is 0 Å². The number of H-pyrrole nitrogens is 1. The number of benzene rings is 3.